The first-order chi connectivity index (χ1) is 14.0. The Morgan fingerprint density at radius 1 is 1.14 bits per heavy atom. The SMILES string of the molecule is CCCN(CCC)C(=O)CCCSc1nc(C)c(Cc2ccccc2)c(=O)n1C. The number of benzene rings is 1. The summed E-state index contributed by atoms with van der Waals surface area (Å²) < 4.78 is 1.64. The van der Waals surface area contributed by atoms with Crippen molar-refractivity contribution in [2.24, 2.45) is 7.05 Å². The van der Waals surface area contributed by atoms with Crippen molar-refractivity contribution in [1.29, 1.82) is 0 Å². The predicted molar refractivity (Wildman–Crippen MR) is 121 cm³/mol. The van der Waals surface area contributed by atoms with Gasteiger partial charge in [0.05, 0.1) is 0 Å². The zero-order valence-electron chi connectivity index (χ0n) is 18.1. The molecular formula is C23H33N3O2S. The molecule has 0 radical (unpaired) electrons. The molecule has 0 bridgehead atoms. The first-order valence-corrected chi connectivity index (χ1v) is 11.5. The highest BCUT2D eigenvalue weighted by atomic mass is 32.2. The fourth-order valence-corrected chi connectivity index (χ4v) is 4.26. The van der Waals surface area contributed by atoms with Crippen LogP contribution in [0.1, 0.15) is 56.4 Å². The van der Waals surface area contributed by atoms with Crippen molar-refractivity contribution in [2.45, 2.75) is 58.0 Å². The minimum Gasteiger partial charge on any atom is -0.343 e. The number of hydrogen-bond acceptors (Lipinski definition) is 4. The van der Waals surface area contributed by atoms with E-state index in [9.17, 15) is 9.59 Å². The summed E-state index contributed by atoms with van der Waals surface area (Å²) in [5, 5.41) is 0.718. The summed E-state index contributed by atoms with van der Waals surface area (Å²) in [5.74, 6) is 1.00. The van der Waals surface area contributed by atoms with Crippen LogP contribution in [0.2, 0.25) is 0 Å². The van der Waals surface area contributed by atoms with Crippen molar-refractivity contribution in [2.75, 3.05) is 18.8 Å². The maximum absolute atomic E-state index is 12.8. The fourth-order valence-electron chi connectivity index (χ4n) is 3.31. The topological polar surface area (TPSA) is 55.2 Å². The average molecular weight is 416 g/mol. The summed E-state index contributed by atoms with van der Waals surface area (Å²) in [5.41, 5.74) is 2.65. The van der Waals surface area contributed by atoms with E-state index in [0.717, 1.165) is 60.1 Å². The third-order valence-corrected chi connectivity index (χ3v) is 6.00. The fraction of sp³-hybridized carbons (Fsp3) is 0.522. The molecule has 5 nitrogen and oxygen atoms in total. The van der Waals surface area contributed by atoms with Crippen LogP contribution in [0.3, 0.4) is 0 Å². The lowest BCUT2D eigenvalue weighted by molar-refractivity contribution is -0.131. The largest absolute Gasteiger partial charge is 0.343 e. The van der Waals surface area contributed by atoms with Gasteiger partial charge in [-0.3, -0.25) is 14.2 Å². The zero-order chi connectivity index (χ0) is 21.2. The Morgan fingerprint density at radius 2 is 1.79 bits per heavy atom. The molecule has 0 spiro atoms. The second kappa shape index (κ2) is 11.8. The van der Waals surface area contributed by atoms with E-state index in [2.05, 4.69) is 18.8 Å². The second-order valence-electron chi connectivity index (χ2n) is 7.32. The van der Waals surface area contributed by atoms with Gasteiger partial charge in [0.1, 0.15) is 0 Å². The van der Waals surface area contributed by atoms with Crippen LogP contribution in [0.5, 0.6) is 0 Å². The molecule has 0 saturated carbocycles. The van der Waals surface area contributed by atoms with Gasteiger partial charge in [0.2, 0.25) is 5.91 Å². The summed E-state index contributed by atoms with van der Waals surface area (Å²) >= 11 is 1.55. The third kappa shape index (κ3) is 6.74. The maximum atomic E-state index is 12.8. The van der Waals surface area contributed by atoms with Gasteiger partial charge >= 0.3 is 0 Å². The van der Waals surface area contributed by atoms with Crippen molar-refractivity contribution in [3.8, 4) is 0 Å². The van der Waals surface area contributed by atoms with E-state index in [-0.39, 0.29) is 11.5 Å². The number of rotatable bonds is 11. The highest BCUT2D eigenvalue weighted by Gasteiger charge is 2.14. The van der Waals surface area contributed by atoms with Gasteiger partial charge in [-0.05, 0) is 31.7 Å². The molecule has 2 aromatic rings. The maximum Gasteiger partial charge on any atom is 0.257 e. The number of aryl methyl sites for hydroxylation is 1. The molecule has 0 N–H and O–H groups in total. The second-order valence-corrected chi connectivity index (χ2v) is 8.38. The van der Waals surface area contributed by atoms with Crippen LogP contribution in [0.25, 0.3) is 0 Å². The van der Waals surface area contributed by atoms with Crippen LogP contribution in [-0.2, 0) is 18.3 Å². The van der Waals surface area contributed by atoms with Crippen LogP contribution in [-0.4, -0.2) is 39.2 Å². The molecule has 158 valence electrons. The molecule has 1 heterocycles. The molecule has 0 unspecified atom stereocenters. The summed E-state index contributed by atoms with van der Waals surface area (Å²) in [6.45, 7) is 7.76. The van der Waals surface area contributed by atoms with E-state index >= 15 is 0 Å². The lowest BCUT2D eigenvalue weighted by Crippen LogP contribution is -2.32. The molecule has 0 aliphatic carbocycles. The molecule has 6 heteroatoms. The Balaban J connectivity index is 1.96. The van der Waals surface area contributed by atoms with Gasteiger partial charge in [0.15, 0.2) is 5.16 Å². The highest BCUT2D eigenvalue weighted by molar-refractivity contribution is 7.99. The van der Waals surface area contributed by atoms with Crippen LogP contribution >= 0.6 is 11.8 Å². The lowest BCUT2D eigenvalue weighted by atomic mass is 10.1. The first-order valence-electron chi connectivity index (χ1n) is 10.5. The Bertz CT molecular complexity index is 843. The summed E-state index contributed by atoms with van der Waals surface area (Å²) in [6.07, 6.45) is 3.90. The van der Waals surface area contributed by atoms with E-state index in [1.807, 2.05) is 42.2 Å². The molecule has 1 amide bonds. The summed E-state index contributed by atoms with van der Waals surface area (Å²) in [7, 11) is 1.78. The molecule has 0 fully saturated rings. The number of carbonyl (C=O) groups excluding carboxylic acids is 1. The standard InChI is InChI=1S/C23H33N3O2S/c1-5-14-26(15-6-2)21(27)13-10-16-29-23-24-18(3)20(22(28)25(23)4)17-19-11-8-7-9-12-19/h7-9,11-12H,5-6,10,13-17H2,1-4H3. The smallest absolute Gasteiger partial charge is 0.257 e. The molecule has 2 rings (SSSR count). The van der Waals surface area contributed by atoms with Crippen molar-refractivity contribution in [1.82, 2.24) is 14.5 Å². The molecule has 0 atom stereocenters. The number of nitrogens with zero attached hydrogens (tertiary/aromatic N) is 3. The van der Waals surface area contributed by atoms with Crippen LogP contribution in [0.15, 0.2) is 40.3 Å². The number of thioether (sulfide) groups is 1. The Morgan fingerprint density at radius 3 is 2.41 bits per heavy atom. The van der Waals surface area contributed by atoms with Crippen molar-refractivity contribution in [3.63, 3.8) is 0 Å². The quantitative estimate of drug-likeness (QED) is 0.314. The van der Waals surface area contributed by atoms with Crippen molar-refractivity contribution >= 4 is 17.7 Å². The molecule has 1 aromatic heterocycles. The average Bonchev–Trinajstić information content (AvgIpc) is 2.72. The van der Waals surface area contributed by atoms with Gasteiger partial charge < -0.3 is 4.90 Å². The predicted octanol–water partition coefficient (Wildman–Crippen LogP) is 4.20. The van der Waals surface area contributed by atoms with E-state index in [1.165, 1.54) is 0 Å². The summed E-state index contributed by atoms with van der Waals surface area (Å²) in [4.78, 5) is 31.8. The minimum absolute atomic E-state index is 0.0111. The third-order valence-electron chi connectivity index (χ3n) is 4.88. The minimum atomic E-state index is 0.0111. The van der Waals surface area contributed by atoms with Crippen LogP contribution in [0, 0.1) is 6.92 Å². The highest BCUT2D eigenvalue weighted by Crippen LogP contribution is 2.18. The van der Waals surface area contributed by atoms with Crippen molar-refractivity contribution in [3.05, 3.63) is 57.5 Å². The number of amides is 1. The molecule has 0 aliphatic heterocycles. The van der Waals surface area contributed by atoms with E-state index < -0.39 is 0 Å². The molecule has 0 saturated heterocycles. The van der Waals surface area contributed by atoms with Gasteiger partial charge in [0.25, 0.3) is 5.56 Å². The molecule has 29 heavy (non-hydrogen) atoms. The van der Waals surface area contributed by atoms with Crippen molar-refractivity contribution < 1.29 is 4.79 Å². The molecule has 1 aromatic carbocycles. The molecular weight excluding hydrogens is 382 g/mol. The van der Waals surface area contributed by atoms with Gasteiger partial charge in [-0.15, -0.1) is 0 Å². The van der Waals surface area contributed by atoms with Gasteiger partial charge in [0, 0.05) is 50.0 Å². The number of aromatic nitrogens is 2. The normalized spacial score (nSPS) is 10.9. The Kier molecular flexibility index (Phi) is 9.45. The van der Waals surface area contributed by atoms with Crippen LogP contribution < -0.4 is 5.56 Å². The lowest BCUT2D eigenvalue weighted by Gasteiger charge is -2.21. The zero-order valence-corrected chi connectivity index (χ0v) is 18.9. The van der Waals surface area contributed by atoms with Gasteiger partial charge in [-0.25, -0.2) is 4.98 Å². The van der Waals surface area contributed by atoms with Gasteiger partial charge in [-0.2, -0.15) is 0 Å². The summed E-state index contributed by atoms with van der Waals surface area (Å²) in [6, 6.07) is 9.99. The molecule has 0 aliphatic rings. The van der Waals surface area contributed by atoms with E-state index in [4.69, 9.17) is 0 Å². The number of carbonyl (C=O) groups is 1. The van der Waals surface area contributed by atoms with E-state index in [0.29, 0.717) is 12.8 Å². The first kappa shape index (κ1) is 23.2. The number of hydrogen-bond donors (Lipinski definition) is 0. The van der Waals surface area contributed by atoms with Gasteiger partial charge in [-0.1, -0.05) is 55.9 Å². The Labute approximate surface area is 178 Å². The van der Waals surface area contributed by atoms with E-state index in [1.54, 1.807) is 23.4 Å². The Hall–Kier alpha value is -2.08. The van der Waals surface area contributed by atoms with Crippen LogP contribution in [0.4, 0.5) is 0 Å². The monoisotopic (exact) mass is 415 g/mol.